The molecule has 1 aromatic heterocycles. The Morgan fingerprint density at radius 2 is 1.96 bits per heavy atom. The van der Waals surface area contributed by atoms with Crippen molar-refractivity contribution in [3.05, 3.63) is 59.5 Å². The first kappa shape index (κ1) is 18.6. The van der Waals surface area contributed by atoms with Crippen LogP contribution in [-0.4, -0.2) is 38.0 Å². The molecule has 0 bridgehead atoms. The topological polar surface area (TPSA) is 78.7 Å². The van der Waals surface area contributed by atoms with Gasteiger partial charge in [-0.2, -0.15) is 0 Å². The number of aliphatic imine (C=N–C) groups is 1. The number of amides is 1. The fraction of sp³-hybridized carbons (Fsp3) is 0.368. The van der Waals surface area contributed by atoms with E-state index >= 15 is 0 Å². The molecule has 1 amide bonds. The fourth-order valence-corrected chi connectivity index (χ4v) is 2.32. The normalized spacial score (nSPS) is 11.2. The highest BCUT2D eigenvalue weighted by Gasteiger charge is 2.04. The zero-order chi connectivity index (χ0) is 17.9. The molecule has 2 rings (SSSR count). The van der Waals surface area contributed by atoms with Crippen LogP contribution in [0.4, 0.5) is 0 Å². The molecular weight excluding hydrogens is 316 g/mol. The first-order chi connectivity index (χ1) is 12.2. The number of hydrogen-bond donors (Lipinski definition) is 3. The predicted octanol–water partition coefficient (Wildman–Crippen LogP) is 2.12. The van der Waals surface area contributed by atoms with E-state index in [0.29, 0.717) is 25.2 Å². The summed E-state index contributed by atoms with van der Waals surface area (Å²) in [6.45, 7) is 6.53. The van der Waals surface area contributed by atoms with Crippen LogP contribution in [-0.2, 0) is 6.42 Å². The summed E-state index contributed by atoms with van der Waals surface area (Å²) >= 11 is 0. The molecule has 0 unspecified atom stereocenters. The lowest BCUT2D eigenvalue weighted by atomic mass is 10.1. The van der Waals surface area contributed by atoms with Gasteiger partial charge in [0.1, 0.15) is 5.76 Å². The van der Waals surface area contributed by atoms with Gasteiger partial charge in [0.2, 0.25) is 0 Å². The lowest BCUT2D eigenvalue weighted by Crippen LogP contribution is -2.41. The molecule has 1 aromatic carbocycles. The number of guanidine groups is 1. The van der Waals surface area contributed by atoms with E-state index in [1.807, 2.05) is 50.2 Å². The Labute approximate surface area is 148 Å². The van der Waals surface area contributed by atoms with Gasteiger partial charge in [0.05, 0.1) is 6.26 Å². The summed E-state index contributed by atoms with van der Waals surface area (Å²) in [6, 6.07) is 11.4. The van der Waals surface area contributed by atoms with Crippen molar-refractivity contribution in [1.82, 2.24) is 16.0 Å². The van der Waals surface area contributed by atoms with Gasteiger partial charge < -0.3 is 20.4 Å². The number of nitrogens with zero attached hydrogens (tertiary/aromatic N) is 1. The Kier molecular flexibility index (Phi) is 7.56. The Morgan fingerprint density at radius 3 is 2.68 bits per heavy atom. The van der Waals surface area contributed by atoms with E-state index in [1.165, 1.54) is 0 Å². The van der Waals surface area contributed by atoms with Crippen LogP contribution in [0, 0.1) is 6.92 Å². The molecule has 6 heteroatoms. The summed E-state index contributed by atoms with van der Waals surface area (Å²) in [4.78, 5) is 16.6. The third-order valence-electron chi connectivity index (χ3n) is 3.54. The van der Waals surface area contributed by atoms with Gasteiger partial charge in [-0.3, -0.25) is 9.79 Å². The molecule has 1 heterocycles. The van der Waals surface area contributed by atoms with Gasteiger partial charge in [-0.25, -0.2) is 0 Å². The second kappa shape index (κ2) is 10.2. The van der Waals surface area contributed by atoms with Crippen molar-refractivity contribution in [2.75, 3.05) is 26.2 Å². The molecule has 0 fully saturated rings. The summed E-state index contributed by atoms with van der Waals surface area (Å²) in [7, 11) is 0. The maximum absolute atomic E-state index is 12.1. The van der Waals surface area contributed by atoms with Gasteiger partial charge >= 0.3 is 0 Å². The van der Waals surface area contributed by atoms with Crippen LogP contribution in [0.3, 0.4) is 0 Å². The van der Waals surface area contributed by atoms with Crippen LogP contribution in [0.15, 0.2) is 52.1 Å². The summed E-state index contributed by atoms with van der Waals surface area (Å²) in [6.07, 6.45) is 2.42. The smallest absolute Gasteiger partial charge is 0.251 e. The molecule has 0 saturated heterocycles. The average Bonchev–Trinajstić information content (AvgIpc) is 3.12. The van der Waals surface area contributed by atoms with E-state index < -0.39 is 0 Å². The number of carbonyl (C=O) groups excluding carboxylic acids is 1. The van der Waals surface area contributed by atoms with Gasteiger partial charge in [-0.05, 0) is 38.1 Å². The third kappa shape index (κ3) is 6.71. The number of furan rings is 1. The number of carbonyl (C=O) groups is 1. The van der Waals surface area contributed by atoms with Crippen molar-refractivity contribution < 1.29 is 9.21 Å². The molecule has 0 aliphatic heterocycles. The maximum atomic E-state index is 12.1. The van der Waals surface area contributed by atoms with E-state index in [1.54, 1.807) is 6.26 Å². The number of nitrogens with one attached hydrogen (secondary N) is 3. The highest BCUT2D eigenvalue weighted by Crippen LogP contribution is 2.03. The number of rotatable bonds is 8. The first-order valence-corrected chi connectivity index (χ1v) is 8.58. The minimum absolute atomic E-state index is 0.0646. The minimum atomic E-state index is -0.0646. The Morgan fingerprint density at radius 1 is 1.12 bits per heavy atom. The summed E-state index contributed by atoms with van der Waals surface area (Å²) in [5.74, 6) is 1.59. The first-order valence-electron chi connectivity index (χ1n) is 8.58. The molecule has 0 atom stereocenters. The van der Waals surface area contributed by atoms with Crippen molar-refractivity contribution in [3.63, 3.8) is 0 Å². The molecule has 134 valence electrons. The van der Waals surface area contributed by atoms with Crippen molar-refractivity contribution >= 4 is 11.9 Å². The molecule has 6 nitrogen and oxygen atoms in total. The van der Waals surface area contributed by atoms with Gasteiger partial charge in [-0.15, -0.1) is 0 Å². The number of benzene rings is 1. The average molecular weight is 342 g/mol. The maximum Gasteiger partial charge on any atom is 0.251 e. The largest absolute Gasteiger partial charge is 0.469 e. The lowest BCUT2D eigenvalue weighted by Gasteiger charge is -2.12. The molecule has 2 aromatic rings. The SMILES string of the molecule is CCNC(=NCCc1ccco1)NCCNC(=O)c1cccc(C)c1. The van der Waals surface area contributed by atoms with Crippen LogP contribution in [0.1, 0.15) is 28.6 Å². The zero-order valence-corrected chi connectivity index (χ0v) is 14.8. The molecule has 3 N–H and O–H groups in total. The second-order valence-corrected chi connectivity index (χ2v) is 5.64. The second-order valence-electron chi connectivity index (χ2n) is 5.64. The predicted molar refractivity (Wildman–Crippen MR) is 99.9 cm³/mol. The number of hydrogen-bond acceptors (Lipinski definition) is 3. The van der Waals surface area contributed by atoms with Crippen molar-refractivity contribution in [2.45, 2.75) is 20.3 Å². The standard InChI is InChI=1S/C19H26N4O2/c1-3-20-19(22-10-9-17-8-5-13-25-17)23-12-11-21-18(24)16-7-4-6-15(2)14-16/h4-8,13-14H,3,9-12H2,1-2H3,(H,21,24)(H2,20,22,23). The molecule has 0 aliphatic rings. The highest BCUT2D eigenvalue weighted by atomic mass is 16.3. The molecular formula is C19H26N4O2. The Bertz CT molecular complexity index is 680. The quantitative estimate of drug-likeness (QED) is 0.390. The van der Waals surface area contributed by atoms with Crippen LogP contribution < -0.4 is 16.0 Å². The van der Waals surface area contributed by atoms with Crippen molar-refractivity contribution in [1.29, 1.82) is 0 Å². The van der Waals surface area contributed by atoms with E-state index in [9.17, 15) is 4.79 Å². The molecule has 0 spiro atoms. The lowest BCUT2D eigenvalue weighted by molar-refractivity contribution is 0.0954. The minimum Gasteiger partial charge on any atom is -0.469 e. The summed E-state index contributed by atoms with van der Waals surface area (Å²) < 4.78 is 5.29. The Balaban J connectivity index is 1.72. The van der Waals surface area contributed by atoms with Crippen LogP contribution in [0.2, 0.25) is 0 Å². The molecule has 0 saturated carbocycles. The molecule has 0 aliphatic carbocycles. The van der Waals surface area contributed by atoms with Gasteiger partial charge in [0.25, 0.3) is 5.91 Å². The Hall–Kier alpha value is -2.76. The van der Waals surface area contributed by atoms with Gasteiger partial charge in [-0.1, -0.05) is 17.7 Å². The van der Waals surface area contributed by atoms with E-state index in [2.05, 4.69) is 20.9 Å². The molecule has 25 heavy (non-hydrogen) atoms. The van der Waals surface area contributed by atoms with E-state index in [4.69, 9.17) is 4.42 Å². The van der Waals surface area contributed by atoms with Crippen LogP contribution in [0.25, 0.3) is 0 Å². The zero-order valence-electron chi connectivity index (χ0n) is 14.8. The van der Waals surface area contributed by atoms with Crippen LogP contribution in [0.5, 0.6) is 0 Å². The fourth-order valence-electron chi connectivity index (χ4n) is 2.32. The van der Waals surface area contributed by atoms with E-state index in [0.717, 1.165) is 30.2 Å². The molecule has 0 radical (unpaired) electrons. The number of aryl methyl sites for hydroxylation is 1. The van der Waals surface area contributed by atoms with Crippen LogP contribution >= 0.6 is 0 Å². The van der Waals surface area contributed by atoms with Gasteiger partial charge in [0.15, 0.2) is 5.96 Å². The van der Waals surface area contributed by atoms with Gasteiger partial charge in [0, 0.05) is 38.2 Å². The monoisotopic (exact) mass is 342 g/mol. The summed E-state index contributed by atoms with van der Waals surface area (Å²) in [5.41, 5.74) is 1.75. The van der Waals surface area contributed by atoms with Crippen molar-refractivity contribution in [3.8, 4) is 0 Å². The van der Waals surface area contributed by atoms with Crippen molar-refractivity contribution in [2.24, 2.45) is 4.99 Å². The van der Waals surface area contributed by atoms with E-state index in [-0.39, 0.29) is 5.91 Å². The third-order valence-corrected chi connectivity index (χ3v) is 3.54. The summed E-state index contributed by atoms with van der Waals surface area (Å²) in [5, 5.41) is 9.30. The highest BCUT2D eigenvalue weighted by molar-refractivity contribution is 5.94.